The van der Waals surface area contributed by atoms with Crippen molar-refractivity contribution in [2.24, 2.45) is 0 Å². The van der Waals surface area contributed by atoms with Crippen molar-refractivity contribution in [3.8, 4) is 5.30 Å². The van der Waals surface area contributed by atoms with Gasteiger partial charge >= 0.3 is 0 Å². The van der Waals surface area contributed by atoms with Gasteiger partial charge in [-0.25, -0.2) is 0 Å². The molecule has 2 aromatic heterocycles. The van der Waals surface area contributed by atoms with Gasteiger partial charge in [-0.05, 0) is 34.3 Å². The highest BCUT2D eigenvalue weighted by atomic mass is 31.1. The van der Waals surface area contributed by atoms with E-state index in [1.165, 1.54) is 48.1 Å². The number of hydrogen-bond acceptors (Lipinski definition) is 0. The van der Waals surface area contributed by atoms with Crippen LogP contribution in [0.1, 0.15) is 0 Å². The lowest BCUT2D eigenvalue weighted by Crippen LogP contribution is -1.70. The molecule has 0 amide bonds. The van der Waals surface area contributed by atoms with Crippen LogP contribution in [-0.2, 0) is 0 Å². The summed E-state index contributed by atoms with van der Waals surface area (Å²) >= 11 is 0. The van der Waals surface area contributed by atoms with Gasteiger partial charge in [0.15, 0.2) is 0 Å². The Bertz CT molecular complexity index is 1420. The normalized spacial score (nSPS) is 12.5. The maximum Gasteiger partial charge on any atom is 0.0474 e. The molecule has 4 aromatic carbocycles. The molecule has 0 aliphatic carbocycles. The van der Waals surface area contributed by atoms with Crippen LogP contribution in [0.25, 0.3) is 48.1 Å². The van der Waals surface area contributed by atoms with Gasteiger partial charge in [0.05, 0.1) is 0 Å². The fourth-order valence-electron chi connectivity index (χ4n) is 4.17. The maximum absolute atomic E-state index is 3.62. The molecular formula is C24H16NP. The van der Waals surface area contributed by atoms with Crippen molar-refractivity contribution in [1.82, 2.24) is 4.98 Å². The van der Waals surface area contributed by atoms with E-state index < -0.39 is 7.53 Å². The van der Waals surface area contributed by atoms with Gasteiger partial charge in [-0.15, -0.1) is 0 Å². The van der Waals surface area contributed by atoms with Crippen LogP contribution in [-0.4, -0.2) is 4.98 Å². The molecule has 0 fully saturated rings. The third kappa shape index (κ3) is 1.87. The molecule has 6 rings (SSSR count). The van der Waals surface area contributed by atoms with E-state index in [0.29, 0.717) is 0 Å². The van der Waals surface area contributed by atoms with Crippen LogP contribution in [0.5, 0.6) is 0 Å². The number of aromatic nitrogens is 1. The Balaban J connectivity index is 1.85. The SMILES string of the molecule is c1ccc(-p2c3ccccc3c3cc4c(cc32)[nH]c2ccccc24)cc1. The van der Waals surface area contributed by atoms with Crippen molar-refractivity contribution in [3.63, 3.8) is 0 Å². The van der Waals surface area contributed by atoms with Crippen molar-refractivity contribution < 1.29 is 0 Å². The molecule has 1 unspecified atom stereocenters. The molecule has 0 saturated carbocycles. The summed E-state index contributed by atoms with van der Waals surface area (Å²) in [7, 11) is -0.494. The van der Waals surface area contributed by atoms with Gasteiger partial charge in [0.1, 0.15) is 0 Å². The predicted octanol–water partition coefficient (Wildman–Crippen LogP) is 7.60. The molecule has 26 heavy (non-hydrogen) atoms. The molecule has 1 nitrogen and oxygen atoms in total. The Labute approximate surface area is 151 Å². The first-order valence-corrected chi connectivity index (χ1v) is 10.2. The second-order valence-corrected chi connectivity index (χ2v) is 8.92. The largest absolute Gasteiger partial charge is 0.354 e. The van der Waals surface area contributed by atoms with E-state index in [1.807, 2.05) is 0 Å². The van der Waals surface area contributed by atoms with Crippen LogP contribution in [0.2, 0.25) is 0 Å². The van der Waals surface area contributed by atoms with Gasteiger partial charge < -0.3 is 4.98 Å². The molecular weight excluding hydrogens is 333 g/mol. The zero-order chi connectivity index (χ0) is 17.1. The topological polar surface area (TPSA) is 15.8 Å². The molecule has 0 bridgehead atoms. The summed E-state index contributed by atoms with van der Waals surface area (Å²) in [5.74, 6) is 0. The molecule has 122 valence electrons. The van der Waals surface area contributed by atoms with E-state index in [1.54, 1.807) is 0 Å². The zero-order valence-corrected chi connectivity index (χ0v) is 15.0. The van der Waals surface area contributed by atoms with Crippen molar-refractivity contribution in [1.29, 1.82) is 0 Å². The smallest absolute Gasteiger partial charge is 0.0474 e. The number of hydrogen-bond donors (Lipinski definition) is 1. The molecule has 1 N–H and O–H groups in total. The van der Waals surface area contributed by atoms with Crippen molar-refractivity contribution >= 4 is 50.3 Å². The van der Waals surface area contributed by atoms with E-state index in [2.05, 4.69) is 96.0 Å². The third-order valence-electron chi connectivity index (χ3n) is 5.31. The number of rotatable bonds is 1. The van der Waals surface area contributed by atoms with Gasteiger partial charge in [-0.2, -0.15) is 0 Å². The van der Waals surface area contributed by atoms with Gasteiger partial charge in [-0.3, -0.25) is 0 Å². The number of fused-ring (bicyclic) bond motifs is 6. The summed E-state index contributed by atoms with van der Waals surface area (Å²) in [6.07, 6.45) is 0. The summed E-state index contributed by atoms with van der Waals surface area (Å²) in [6, 6.07) is 33.2. The molecule has 1 atom stereocenters. The molecule has 2 heteroatoms. The molecule has 0 aliphatic rings. The first-order valence-electron chi connectivity index (χ1n) is 8.89. The average molecular weight is 349 g/mol. The first kappa shape index (κ1) is 14.2. The number of nitrogens with one attached hydrogen (secondary N) is 1. The molecule has 0 aliphatic heterocycles. The van der Waals surface area contributed by atoms with Crippen LogP contribution < -0.4 is 0 Å². The quantitative estimate of drug-likeness (QED) is 0.314. The lowest BCUT2D eigenvalue weighted by atomic mass is 10.1. The Morgan fingerprint density at radius 1 is 0.500 bits per heavy atom. The second kappa shape index (κ2) is 5.24. The van der Waals surface area contributed by atoms with Gasteiger partial charge in [0.2, 0.25) is 0 Å². The average Bonchev–Trinajstić information content (AvgIpc) is 3.22. The molecule has 6 aromatic rings. The third-order valence-corrected chi connectivity index (χ3v) is 7.85. The highest BCUT2D eigenvalue weighted by molar-refractivity contribution is 7.67. The standard InChI is InChI=1S/C24H16NP/c1-2-8-16(9-3-1)26-23-13-7-5-11-18(23)20-14-19-17-10-4-6-12-21(17)25-22(19)15-24(20)26/h1-15,25H. The lowest BCUT2D eigenvalue weighted by Gasteiger charge is -2.03. The second-order valence-electron chi connectivity index (χ2n) is 6.77. The van der Waals surface area contributed by atoms with Crippen molar-refractivity contribution in [2.45, 2.75) is 0 Å². The molecule has 0 saturated heterocycles. The minimum atomic E-state index is -0.494. The highest BCUT2D eigenvalue weighted by Gasteiger charge is 2.15. The van der Waals surface area contributed by atoms with E-state index in [0.717, 1.165) is 0 Å². The van der Waals surface area contributed by atoms with Crippen LogP contribution in [0.15, 0.2) is 91.0 Å². The summed E-state index contributed by atoms with van der Waals surface area (Å²) in [4.78, 5) is 3.62. The minimum absolute atomic E-state index is 0.494. The number of para-hydroxylation sites is 1. The van der Waals surface area contributed by atoms with E-state index >= 15 is 0 Å². The maximum atomic E-state index is 3.62. The van der Waals surface area contributed by atoms with E-state index in [9.17, 15) is 0 Å². The zero-order valence-electron chi connectivity index (χ0n) is 14.1. The number of benzene rings is 4. The summed E-state index contributed by atoms with van der Waals surface area (Å²) in [6.45, 7) is 0. The monoisotopic (exact) mass is 349 g/mol. The summed E-state index contributed by atoms with van der Waals surface area (Å²) < 4.78 is 0. The fourth-order valence-corrected chi connectivity index (χ4v) is 6.81. The van der Waals surface area contributed by atoms with Crippen LogP contribution in [0.3, 0.4) is 0 Å². The summed E-state index contributed by atoms with van der Waals surface area (Å²) in [5.41, 5.74) is 2.45. The molecule has 0 radical (unpaired) electrons. The highest BCUT2D eigenvalue weighted by Crippen LogP contribution is 2.55. The van der Waals surface area contributed by atoms with Gasteiger partial charge in [0.25, 0.3) is 0 Å². The summed E-state index contributed by atoms with van der Waals surface area (Å²) in [5, 5.41) is 9.77. The number of aromatic amines is 1. The van der Waals surface area contributed by atoms with Gasteiger partial charge in [-0.1, -0.05) is 80.3 Å². The Morgan fingerprint density at radius 3 is 2.12 bits per heavy atom. The lowest BCUT2D eigenvalue weighted by molar-refractivity contribution is 1.56. The Hall–Kier alpha value is -3.02. The predicted molar refractivity (Wildman–Crippen MR) is 115 cm³/mol. The number of H-pyrrole nitrogens is 1. The van der Waals surface area contributed by atoms with Crippen LogP contribution in [0.4, 0.5) is 0 Å². The Kier molecular flexibility index (Phi) is 2.86. The van der Waals surface area contributed by atoms with Crippen molar-refractivity contribution in [2.75, 3.05) is 0 Å². The Morgan fingerprint density at radius 2 is 1.23 bits per heavy atom. The van der Waals surface area contributed by atoms with Gasteiger partial charge in [0, 0.05) is 32.0 Å². The van der Waals surface area contributed by atoms with E-state index in [-0.39, 0.29) is 0 Å². The fraction of sp³-hybridized carbons (Fsp3) is 0. The van der Waals surface area contributed by atoms with Crippen LogP contribution >= 0.6 is 7.53 Å². The first-order chi connectivity index (χ1) is 12.9. The molecule has 2 heterocycles. The minimum Gasteiger partial charge on any atom is -0.354 e. The van der Waals surface area contributed by atoms with Crippen LogP contribution in [0, 0.1) is 0 Å². The molecule has 0 spiro atoms. The van der Waals surface area contributed by atoms with Crippen molar-refractivity contribution in [3.05, 3.63) is 91.0 Å². The van der Waals surface area contributed by atoms with E-state index in [4.69, 9.17) is 0 Å².